The van der Waals surface area contributed by atoms with E-state index in [-0.39, 0.29) is 5.75 Å². The molecule has 0 saturated heterocycles. The lowest BCUT2D eigenvalue weighted by Crippen LogP contribution is -1.86. The van der Waals surface area contributed by atoms with Gasteiger partial charge in [-0.3, -0.25) is 5.41 Å². The molecule has 0 radical (unpaired) electrons. The Morgan fingerprint density at radius 1 is 1.50 bits per heavy atom. The van der Waals surface area contributed by atoms with Crippen LogP contribution in [0, 0.1) is 5.41 Å². The smallest absolute Gasteiger partial charge is 0.117 e. The van der Waals surface area contributed by atoms with Crippen LogP contribution in [0.1, 0.15) is 5.56 Å². The molecule has 0 unspecified atom stereocenters. The van der Waals surface area contributed by atoms with Gasteiger partial charge in [0.15, 0.2) is 0 Å². The van der Waals surface area contributed by atoms with Crippen LogP contribution in [-0.4, -0.2) is 17.7 Å². The quantitative estimate of drug-likeness (QED) is 0.241. The van der Waals surface area contributed by atoms with Gasteiger partial charge in [-0.2, -0.15) is 5.10 Å². The van der Waals surface area contributed by atoms with Crippen molar-refractivity contribution in [2.75, 3.05) is 0 Å². The summed E-state index contributed by atoms with van der Waals surface area (Å²) < 4.78 is 0. The Hall–Kier alpha value is -1.75. The summed E-state index contributed by atoms with van der Waals surface area (Å²) in [5, 5.41) is 18.5. The van der Waals surface area contributed by atoms with Crippen molar-refractivity contribution < 1.29 is 5.11 Å². The lowest BCUT2D eigenvalue weighted by Gasteiger charge is -1.96. The van der Waals surface area contributed by atoms with Crippen molar-refractivity contribution in [2.45, 2.75) is 0 Å². The van der Waals surface area contributed by atoms with Gasteiger partial charge in [-0.05, 0) is 18.2 Å². The van der Waals surface area contributed by atoms with E-state index in [0.29, 0.717) is 10.6 Å². The number of benzene rings is 1. The highest BCUT2D eigenvalue weighted by Crippen LogP contribution is 2.19. The van der Waals surface area contributed by atoms with Gasteiger partial charge < -0.3 is 16.7 Å². The van der Waals surface area contributed by atoms with Crippen molar-refractivity contribution in [3.05, 3.63) is 28.8 Å². The SMILES string of the molecule is N/N=C/c1ccc(O)cc1Cl.N=CN. The van der Waals surface area contributed by atoms with Crippen LogP contribution >= 0.6 is 11.6 Å². The molecule has 1 aromatic carbocycles. The second kappa shape index (κ2) is 6.73. The number of rotatable bonds is 1. The number of nitrogens with one attached hydrogen (secondary N) is 1. The molecule has 0 aliphatic heterocycles. The Kier molecular flexibility index (Phi) is 5.89. The number of phenols is 1. The minimum absolute atomic E-state index is 0.129. The second-order valence-corrected chi connectivity index (χ2v) is 2.56. The fourth-order valence-electron chi connectivity index (χ4n) is 0.701. The summed E-state index contributed by atoms with van der Waals surface area (Å²) in [5.74, 6) is 5.04. The molecular weight excluding hydrogens is 204 g/mol. The third-order valence-corrected chi connectivity index (χ3v) is 1.52. The van der Waals surface area contributed by atoms with E-state index in [9.17, 15) is 0 Å². The van der Waals surface area contributed by atoms with Gasteiger partial charge in [0.2, 0.25) is 0 Å². The third kappa shape index (κ3) is 4.32. The summed E-state index contributed by atoms with van der Waals surface area (Å²) in [6, 6.07) is 4.58. The number of nitrogens with zero attached hydrogens (tertiary/aromatic N) is 1. The maximum Gasteiger partial charge on any atom is 0.117 e. The van der Waals surface area contributed by atoms with Crippen molar-refractivity contribution in [2.24, 2.45) is 16.7 Å². The fraction of sp³-hybridized carbons (Fsp3) is 0. The Labute approximate surface area is 86.5 Å². The molecule has 0 fully saturated rings. The van der Waals surface area contributed by atoms with Gasteiger partial charge in [-0.25, -0.2) is 0 Å². The van der Waals surface area contributed by atoms with Crippen LogP contribution in [0.15, 0.2) is 23.3 Å². The number of hydrogen-bond acceptors (Lipinski definition) is 4. The predicted molar refractivity (Wildman–Crippen MR) is 57.9 cm³/mol. The topological polar surface area (TPSA) is 108 Å². The molecule has 14 heavy (non-hydrogen) atoms. The van der Waals surface area contributed by atoms with Crippen molar-refractivity contribution >= 4 is 24.2 Å². The Bertz CT molecular complexity index is 327. The molecule has 0 bridgehead atoms. The van der Waals surface area contributed by atoms with Gasteiger partial charge in [0, 0.05) is 5.56 Å². The standard InChI is InChI=1S/C7H7ClN2O.CH4N2/c8-7-3-6(11)2-1-5(7)4-10-9;2-1-3/h1-4,11H,9H2;1H,(H3,2,3)/b10-4+;. The minimum atomic E-state index is 0.129. The van der Waals surface area contributed by atoms with Gasteiger partial charge in [0.05, 0.1) is 17.6 Å². The van der Waals surface area contributed by atoms with Gasteiger partial charge in [0.25, 0.3) is 0 Å². The molecule has 6 N–H and O–H groups in total. The lowest BCUT2D eigenvalue weighted by molar-refractivity contribution is 0.475. The predicted octanol–water partition coefficient (Wildman–Crippen LogP) is 0.890. The van der Waals surface area contributed by atoms with Gasteiger partial charge in [0.1, 0.15) is 5.75 Å². The highest BCUT2D eigenvalue weighted by atomic mass is 35.5. The summed E-state index contributed by atoms with van der Waals surface area (Å²) in [6.07, 6.45) is 2.17. The van der Waals surface area contributed by atoms with Gasteiger partial charge >= 0.3 is 0 Å². The molecule has 5 nitrogen and oxygen atoms in total. The molecule has 0 heterocycles. The number of hydrazone groups is 1. The maximum absolute atomic E-state index is 8.95. The van der Waals surface area contributed by atoms with Crippen LogP contribution in [0.4, 0.5) is 0 Å². The van der Waals surface area contributed by atoms with Gasteiger partial charge in [-0.1, -0.05) is 11.6 Å². The zero-order chi connectivity index (χ0) is 11.0. The first kappa shape index (κ1) is 12.2. The average Bonchev–Trinajstić information content (AvgIpc) is 2.11. The molecule has 0 atom stereocenters. The monoisotopic (exact) mass is 214 g/mol. The van der Waals surface area contributed by atoms with Crippen molar-refractivity contribution in [3.63, 3.8) is 0 Å². The average molecular weight is 215 g/mol. The molecule has 0 aromatic heterocycles. The zero-order valence-electron chi connectivity index (χ0n) is 7.31. The zero-order valence-corrected chi connectivity index (χ0v) is 8.07. The molecule has 0 amide bonds. The molecular formula is C8H11ClN4O. The third-order valence-electron chi connectivity index (χ3n) is 1.20. The van der Waals surface area contributed by atoms with E-state index in [4.69, 9.17) is 28.0 Å². The molecule has 0 saturated carbocycles. The van der Waals surface area contributed by atoms with E-state index >= 15 is 0 Å². The first-order valence-corrected chi connectivity index (χ1v) is 3.96. The number of hydrogen-bond donors (Lipinski definition) is 4. The molecule has 6 heteroatoms. The summed E-state index contributed by atoms with van der Waals surface area (Å²) in [6.45, 7) is 0. The highest BCUT2D eigenvalue weighted by Gasteiger charge is 1.96. The van der Waals surface area contributed by atoms with Crippen molar-refractivity contribution in [1.82, 2.24) is 0 Å². The first-order chi connectivity index (χ1) is 6.65. The second-order valence-electron chi connectivity index (χ2n) is 2.15. The van der Waals surface area contributed by atoms with E-state index in [0.717, 1.165) is 6.34 Å². The maximum atomic E-state index is 8.95. The van der Waals surface area contributed by atoms with E-state index in [1.165, 1.54) is 18.3 Å². The Morgan fingerprint density at radius 3 is 2.50 bits per heavy atom. The van der Waals surface area contributed by atoms with Crippen LogP contribution in [0.3, 0.4) is 0 Å². The van der Waals surface area contributed by atoms with Crippen LogP contribution < -0.4 is 11.6 Å². The summed E-state index contributed by atoms with van der Waals surface area (Å²) in [5.41, 5.74) is 5.08. The number of halogens is 1. The van der Waals surface area contributed by atoms with E-state index in [1.807, 2.05) is 0 Å². The van der Waals surface area contributed by atoms with Crippen LogP contribution in [0.25, 0.3) is 0 Å². The normalized spacial score (nSPS) is 9.21. The minimum Gasteiger partial charge on any atom is -0.508 e. The summed E-state index contributed by atoms with van der Waals surface area (Å²) >= 11 is 5.70. The van der Waals surface area contributed by atoms with Crippen molar-refractivity contribution in [3.8, 4) is 5.75 Å². The van der Waals surface area contributed by atoms with Crippen LogP contribution in [-0.2, 0) is 0 Å². The van der Waals surface area contributed by atoms with E-state index in [1.54, 1.807) is 6.07 Å². The lowest BCUT2D eigenvalue weighted by atomic mass is 10.2. The molecule has 0 aliphatic rings. The number of phenolic OH excluding ortho intramolecular Hbond substituents is 1. The van der Waals surface area contributed by atoms with Crippen molar-refractivity contribution in [1.29, 1.82) is 5.41 Å². The van der Waals surface area contributed by atoms with Crippen LogP contribution in [0.5, 0.6) is 5.75 Å². The van der Waals surface area contributed by atoms with Crippen LogP contribution in [0.2, 0.25) is 5.02 Å². The number of aromatic hydroxyl groups is 1. The summed E-state index contributed by atoms with van der Waals surface area (Å²) in [7, 11) is 0. The summed E-state index contributed by atoms with van der Waals surface area (Å²) in [4.78, 5) is 0. The molecule has 76 valence electrons. The van der Waals surface area contributed by atoms with E-state index < -0.39 is 0 Å². The van der Waals surface area contributed by atoms with Gasteiger partial charge in [-0.15, -0.1) is 0 Å². The molecule has 0 spiro atoms. The fourth-order valence-corrected chi connectivity index (χ4v) is 0.925. The molecule has 1 rings (SSSR count). The highest BCUT2D eigenvalue weighted by molar-refractivity contribution is 6.33. The molecule has 0 aliphatic carbocycles. The molecule has 1 aromatic rings. The largest absolute Gasteiger partial charge is 0.508 e. The Balaban J connectivity index is 0.000000500. The number of nitrogens with two attached hydrogens (primary N) is 2. The van der Waals surface area contributed by atoms with E-state index in [2.05, 4.69) is 10.8 Å². The first-order valence-electron chi connectivity index (χ1n) is 3.58. The Morgan fingerprint density at radius 2 is 2.07 bits per heavy atom.